The van der Waals surface area contributed by atoms with Crippen LogP contribution in [0.1, 0.15) is 0 Å². The maximum absolute atomic E-state index is 5.24. The monoisotopic (exact) mass is 150 g/mol. The van der Waals surface area contributed by atoms with Gasteiger partial charge in [-0.15, -0.1) is 0 Å². The Labute approximate surface area is 65.5 Å². The largest absolute Gasteiger partial charge is 0.489 e. The van der Waals surface area contributed by atoms with Gasteiger partial charge in [0.15, 0.2) is 0 Å². The summed E-state index contributed by atoms with van der Waals surface area (Å²) >= 11 is 0. The zero-order chi connectivity index (χ0) is 7.94. The van der Waals surface area contributed by atoms with Gasteiger partial charge in [0.05, 0.1) is 0 Å². The number of hydrogen-bond acceptors (Lipinski definition) is 3. The van der Waals surface area contributed by atoms with Crippen LogP contribution in [0.3, 0.4) is 0 Å². The number of pyridine rings is 1. The number of aromatic nitrogens is 1. The van der Waals surface area contributed by atoms with E-state index in [1.54, 1.807) is 30.6 Å². The Hall–Kier alpha value is -1.51. The lowest BCUT2D eigenvalue weighted by Crippen LogP contribution is -1.94. The molecule has 1 aromatic heterocycles. The minimum Gasteiger partial charge on any atom is -0.489 e. The van der Waals surface area contributed by atoms with E-state index < -0.39 is 0 Å². The molecule has 3 nitrogen and oxygen atoms in total. The van der Waals surface area contributed by atoms with Crippen molar-refractivity contribution in [2.45, 2.75) is 0 Å². The summed E-state index contributed by atoms with van der Waals surface area (Å²) in [6.45, 7) is 0.501. The van der Waals surface area contributed by atoms with Crippen LogP contribution in [0, 0.1) is 0 Å². The average Bonchev–Trinajstić information content (AvgIpc) is 2.07. The lowest BCUT2D eigenvalue weighted by molar-refractivity contribution is 0.362. The molecule has 1 heterocycles. The molecule has 3 heteroatoms. The third-order valence-corrected chi connectivity index (χ3v) is 1.13. The summed E-state index contributed by atoms with van der Waals surface area (Å²) in [5.74, 6) is 0.804. The molecule has 1 aromatic rings. The molecule has 0 aliphatic heterocycles. The van der Waals surface area contributed by atoms with Gasteiger partial charge >= 0.3 is 0 Å². The molecule has 0 aliphatic carbocycles. The van der Waals surface area contributed by atoms with Gasteiger partial charge in [-0.2, -0.15) is 0 Å². The van der Waals surface area contributed by atoms with Crippen molar-refractivity contribution < 1.29 is 4.74 Å². The molecule has 0 saturated carbocycles. The van der Waals surface area contributed by atoms with Crippen molar-refractivity contribution in [1.29, 1.82) is 0 Å². The third-order valence-electron chi connectivity index (χ3n) is 1.13. The summed E-state index contributed by atoms with van der Waals surface area (Å²) in [4.78, 5) is 3.85. The molecule has 58 valence electrons. The minimum atomic E-state index is 0.501. The molecule has 0 atom stereocenters. The number of rotatable bonds is 3. The summed E-state index contributed by atoms with van der Waals surface area (Å²) in [5.41, 5.74) is 5.12. The Morgan fingerprint density at radius 1 is 1.45 bits per heavy atom. The Kier molecular flexibility index (Phi) is 2.99. The fourth-order valence-corrected chi connectivity index (χ4v) is 0.634. The maximum atomic E-state index is 5.24. The lowest BCUT2D eigenvalue weighted by atomic mass is 10.4. The van der Waals surface area contributed by atoms with Crippen LogP contribution in [-0.2, 0) is 0 Å². The van der Waals surface area contributed by atoms with Crippen molar-refractivity contribution in [3.63, 3.8) is 0 Å². The number of nitrogens with two attached hydrogens (primary N) is 1. The van der Waals surface area contributed by atoms with Gasteiger partial charge in [-0.1, -0.05) is 0 Å². The van der Waals surface area contributed by atoms with Crippen LogP contribution in [0.4, 0.5) is 0 Å². The van der Waals surface area contributed by atoms with E-state index in [1.807, 2.05) is 0 Å². The van der Waals surface area contributed by atoms with E-state index in [4.69, 9.17) is 10.5 Å². The molecule has 2 N–H and O–H groups in total. The van der Waals surface area contributed by atoms with Crippen LogP contribution < -0.4 is 10.5 Å². The highest BCUT2D eigenvalue weighted by Gasteiger charge is 1.86. The van der Waals surface area contributed by atoms with Crippen molar-refractivity contribution in [3.8, 4) is 5.75 Å². The Morgan fingerprint density at radius 2 is 2.18 bits per heavy atom. The van der Waals surface area contributed by atoms with E-state index >= 15 is 0 Å². The van der Waals surface area contributed by atoms with Crippen LogP contribution in [0.2, 0.25) is 0 Å². The Bertz CT molecular complexity index is 221. The highest BCUT2D eigenvalue weighted by Crippen LogP contribution is 2.05. The molecule has 1 rings (SSSR count). The van der Waals surface area contributed by atoms with Crippen LogP contribution in [0.15, 0.2) is 36.8 Å². The quantitative estimate of drug-likeness (QED) is 0.697. The van der Waals surface area contributed by atoms with Gasteiger partial charge < -0.3 is 10.5 Å². The van der Waals surface area contributed by atoms with Crippen molar-refractivity contribution in [3.05, 3.63) is 36.8 Å². The first-order chi connectivity index (χ1) is 5.43. The summed E-state index contributed by atoms with van der Waals surface area (Å²) in [6, 6.07) is 3.59. The number of hydrogen-bond donors (Lipinski definition) is 1. The molecule has 11 heavy (non-hydrogen) atoms. The summed E-state index contributed by atoms with van der Waals surface area (Å²) in [7, 11) is 0. The van der Waals surface area contributed by atoms with Gasteiger partial charge in [0.25, 0.3) is 0 Å². The van der Waals surface area contributed by atoms with Crippen molar-refractivity contribution >= 4 is 0 Å². The van der Waals surface area contributed by atoms with Crippen LogP contribution in [0.5, 0.6) is 5.75 Å². The van der Waals surface area contributed by atoms with Gasteiger partial charge in [0.1, 0.15) is 12.4 Å². The molecule has 0 bridgehead atoms. The molecule has 0 saturated heterocycles. The lowest BCUT2D eigenvalue weighted by Gasteiger charge is -1.99. The van der Waals surface area contributed by atoms with E-state index in [0.717, 1.165) is 5.75 Å². The normalized spacial score (nSPS) is 10.2. The van der Waals surface area contributed by atoms with Crippen molar-refractivity contribution in [2.24, 2.45) is 5.73 Å². The third kappa shape index (κ3) is 2.71. The SMILES string of the molecule is N/C=C/COc1ccncc1. The summed E-state index contributed by atoms with van der Waals surface area (Å²) in [6.07, 6.45) is 6.56. The zero-order valence-electron chi connectivity index (χ0n) is 6.10. The Balaban J connectivity index is 2.39. The van der Waals surface area contributed by atoms with E-state index in [0.29, 0.717) is 6.61 Å². The average molecular weight is 150 g/mol. The van der Waals surface area contributed by atoms with Gasteiger partial charge in [0.2, 0.25) is 0 Å². The van der Waals surface area contributed by atoms with Crippen LogP contribution in [-0.4, -0.2) is 11.6 Å². The second kappa shape index (κ2) is 4.33. The Morgan fingerprint density at radius 3 is 2.82 bits per heavy atom. The van der Waals surface area contributed by atoms with E-state index in [9.17, 15) is 0 Å². The van der Waals surface area contributed by atoms with E-state index in [1.165, 1.54) is 6.20 Å². The fourth-order valence-electron chi connectivity index (χ4n) is 0.634. The molecular formula is C8H10N2O. The summed E-state index contributed by atoms with van der Waals surface area (Å²) in [5, 5.41) is 0. The maximum Gasteiger partial charge on any atom is 0.122 e. The first-order valence-electron chi connectivity index (χ1n) is 3.33. The zero-order valence-corrected chi connectivity index (χ0v) is 6.10. The molecule has 0 aliphatic rings. The van der Waals surface area contributed by atoms with Gasteiger partial charge in [-0.25, -0.2) is 0 Å². The number of ether oxygens (including phenoxy) is 1. The molecule has 0 aromatic carbocycles. The summed E-state index contributed by atoms with van der Waals surface area (Å²) < 4.78 is 5.24. The molecule has 0 radical (unpaired) electrons. The smallest absolute Gasteiger partial charge is 0.122 e. The van der Waals surface area contributed by atoms with Crippen LogP contribution >= 0.6 is 0 Å². The second-order valence-corrected chi connectivity index (χ2v) is 1.92. The highest BCUT2D eigenvalue weighted by atomic mass is 16.5. The predicted molar refractivity (Wildman–Crippen MR) is 43.1 cm³/mol. The minimum absolute atomic E-state index is 0.501. The van der Waals surface area contributed by atoms with Gasteiger partial charge in [-0.3, -0.25) is 4.98 Å². The van der Waals surface area contributed by atoms with Gasteiger partial charge in [0, 0.05) is 12.4 Å². The molecule has 0 fully saturated rings. The van der Waals surface area contributed by atoms with Crippen molar-refractivity contribution in [1.82, 2.24) is 4.98 Å². The standard InChI is InChI=1S/C8H10N2O/c9-4-1-7-11-8-2-5-10-6-3-8/h1-6H,7,9H2/b4-1+. The number of nitrogens with zero attached hydrogens (tertiary/aromatic N) is 1. The molecule has 0 spiro atoms. The highest BCUT2D eigenvalue weighted by molar-refractivity contribution is 5.16. The van der Waals surface area contributed by atoms with E-state index in [-0.39, 0.29) is 0 Å². The first-order valence-corrected chi connectivity index (χ1v) is 3.33. The topological polar surface area (TPSA) is 48.1 Å². The fraction of sp³-hybridized carbons (Fsp3) is 0.125. The molecule has 0 amide bonds. The second-order valence-electron chi connectivity index (χ2n) is 1.92. The van der Waals surface area contributed by atoms with Crippen LogP contribution in [0.25, 0.3) is 0 Å². The van der Waals surface area contributed by atoms with Crippen molar-refractivity contribution in [2.75, 3.05) is 6.61 Å². The molecular weight excluding hydrogens is 140 g/mol. The molecule has 0 unspecified atom stereocenters. The predicted octanol–water partition coefficient (Wildman–Crippen LogP) is 0.933. The first kappa shape index (κ1) is 7.60. The van der Waals surface area contributed by atoms with Gasteiger partial charge in [-0.05, 0) is 24.4 Å². The van der Waals surface area contributed by atoms with E-state index in [2.05, 4.69) is 4.98 Å².